The van der Waals surface area contributed by atoms with Crippen molar-refractivity contribution in [3.63, 3.8) is 0 Å². The zero-order valence-corrected chi connectivity index (χ0v) is 13.1. The molecule has 0 bridgehead atoms. The molecule has 1 fully saturated rings. The third kappa shape index (κ3) is 3.21. The molecule has 6 heteroatoms. The first-order valence-electron chi connectivity index (χ1n) is 7.35. The van der Waals surface area contributed by atoms with E-state index in [1.165, 1.54) is 18.2 Å². The van der Waals surface area contributed by atoms with Crippen molar-refractivity contribution in [2.75, 3.05) is 19.7 Å². The molecule has 120 valence electrons. The first-order chi connectivity index (χ1) is 11.1. The summed E-state index contributed by atoms with van der Waals surface area (Å²) in [5.41, 5.74) is 1.40. The van der Waals surface area contributed by atoms with E-state index >= 15 is 0 Å². The van der Waals surface area contributed by atoms with Gasteiger partial charge in [-0.2, -0.15) is 0 Å². The van der Waals surface area contributed by atoms with Crippen LogP contribution in [0.2, 0.25) is 5.02 Å². The number of likely N-dealkylation sites (tertiary alicyclic amines) is 1. The van der Waals surface area contributed by atoms with Crippen LogP contribution in [0.3, 0.4) is 0 Å². The van der Waals surface area contributed by atoms with Gasteiger partial charge in [0.2, 0.25) is 0 Å². The topological polar surface area (TPSA) is 53.4 Å². The molecule has 23 heavy (non-hydrogen) atoms. The minimum atomic E-state index is -0.549. The third-order valence-electron chi connectivity index (χ3n) is 4.26. The van der Waals surface area contributed by atoms with E-state index in [0.717, 1.165) is 5.56 Å². The second kappa shape index (κ2) is 6.64. The van der Waals surface area contributed by atoms with Crippen LogP contribution in [-0.2, 0) is 0 Å². The predicted octanol–water partition coefficient (Wildman–Crippen LogP) is 2.72. The van der Waals surface area contributed by atoms with Crippen molar-refractivity contribution in [2.24, 2.45) is 5.92 Å². The van der Waals surface area contributed by atoms with Crippen LogP contribution in [-0.4, -0.2) is 40.6 Å². The van der Waals surface area contributed by atoms with Gasteiger partial charge in [0.1, 0.15) is 5.82 Å². The summed E-state index contributed by atoms with van der Waals surface area (Å²) in [6, 6.07) is 7.76. The summed E-state index contributed by atoms with van der Waals surface area (Å²) in [4.78, 5) is 18.3. The van der Waals surface area contributed by atoms with E-state index in [2.05, 4.69) is 4.98 Å². The summed E-state index contributed by atoms with van der Waals surface area (Å²) in [5.74, 6) is -0.727. The highest BCUT2D eigenvalue weighted by atomic mass is 35.5. The van der Waals surface area contributed by atoms with Gasteiger partial charge in [0, 0.05) is 49.5 Å². The molecule has 2 heterocycles. The number of rotatable bonds is 3. The van der Waals surface area contributed by atoms with Crippen molar-refractivity contribution >= 4 is 17.5 Å². The summed E-state index contributed by atoms with van der Waals surface area (Å²) in [7, 11) is 0. The molecule has 2 atom stereocenters. The maximum Gasteiger partial charge on any atom is 0.253 e. The van der Waals surface area contributed by atoms with Crippen LogP contribution >= 0.6 is 11.6 Å². The molecule has 1 N–H and O–H groups in total. The van der Waals surface area contributed by atoms with Gasteiger partial charge in [0.15, 0.2) is 0 Å². The van der Waals surface area contributed by atoms with E-state index in [1.807, 2.05) is 12.1 Å². The van der Waals surface area contributed by atoms with Gasteiger partial charge in [-0.05, 0) is 35.9 Å². The van der Waals surface area contributed by atoms with Crippen LogP contribution in [0.5, 0.6) is 0 Å². The summed E-state index contributed by atoms with van der Waals surface area (Å²) in [6.07, 6.45) is 3.40. The Kier molecular flexibility index (Phi) is 4.59. The predicted molar refractivity (Wildman–Crippen MR) is 84.9 cm³/mol. The SMILES string of the molecule is O=C(c1ccc(F)c(Cl)c1)N1C[C@@H](CO)[C@H](c2ccncc2)C1. The molecular weight excluding hydrogens is 319 g/mol. The lowest BCUT2D eigenvalue weighted by molar-refractivity contribution is 0.0781. The van der Waals surface area contributed by atoms with Crippen LogP contribution in [0.15, 0.2) is 42.7 Å². The number of hydrogen-bond donors (Lipinski definition) is 1. The number of aliphatic hydroxyl groups excluding tert-OH is 1. The summed E-state index contributed by atoms with van der Waals surface area (Å²) in [5, 5.41) is 9.55. The molecular formula is C17H16ClFN2O2. The van der Waals surface area contributed by atoms with Crippen molar-refractivity contribution in [3.8, 4) is 0 Å². The molecule has 0 saturated carbocycles. The van der Waals surface area contributed by atoms with Crippen LogP contribution in [0.4, 0.5) is 4.39 Å². The van der Waals surface area contributed by atoms with E-state index in [0.29, 0.717) is 18.7 Å². The Bertz CT molecular complexity index is 711. The molecule has 3 rings (SSSR count). The maximum atomic E-state index is 13.2. The number of aromatic nitrogens is 1. The average molecular weight is 335 g/mol. The van der Waals surface area contributed by atoms with Crippen molar-refractivity contribution in [1.82, 2.24) is 9.88 Å². The molecule has 0 radical (unpaired) electrons. The van der Waals surface area contributed by atoms with Crippen molar-refractivity contribution in [1.29, 1.82) is 0 Å². The van der Waals surface area contributed by atoms with Crippen molar-refractivity contribution < 1.29 is 14.3 Å². The van der Waals surface area contributed by atoms with E-state index in [4.69, 9.17) is 11.6 Å². The van der Waals surface area contributed by atoms with Gasteiger partial charge in [0.25, 0.3) is 5.91 Å². The molecule has 1 aromatic heterocycles. The molecule has 0 unspecified atom stereocenters. The monoisotopic (exact) mass is 334 g/mol. The van der Waals surface area contributed by atoms with Gasteiger partial charge in [-0.3, -0.25) is 9.78 Å². The third-order valence-corrected chi connectivity index (χ3v) is 4.55. The largest absolute Gasteiger partial charge is 0.396 e. The number of benzene rings is 1. The minimum absolute atomic E-state index is 0.000936. The molecule has 1 aliphatic rings. The highest BCUT2D eigenvalue weighted by molar-refractivity contribution is 6.31. The van der Waals surface area contributed by atoms with Gasteiger partial charge in [-0.15, -0.1) is 0 Å². The molecule has 1 amide bonds. The summed E-state index contributed by atoms with van der Waals surface area (Å²) >= 11 is 5.75. The van der Waals surface area contributed by atoms with Crippen LogP contribution < -0.4 is 0 Å². The van der Waals surface area contributed by atoms with E-state index in [1.54, 1.807) is 17.3 Å². The number of aliphatic hydroxyl groups is 1. The zero-order valence-electron chi connectivity index (χ0n) is 12.3. The molecule has 1 aliphatic heterocycles. The smallest absolute Gasteiger partial charge is 0.253 e. The number of nitrogens with zero attached hydrogens (tertiary/aromatic N) is 2. The Morgan fingerprint density at radius 2 is 2.04 bits per heavy atom. The Balaban J connectivity index is 1.81. The van der Waals surface area contributed by atoms with Crippen LogP contribution in [0, 0.1) is 11.7 Å². The van der Waals surface area contributed by atoms with Crippen molar-refractivity contribution in [3.05, 3.63) is 64.7 Å². The quantitative estimate of drug-likeness (QED) is 0.939. The first-order valence-corrected chi connectivity index (χ1v) is 7.73. The lowest BCUT2D eigenvalue weighted by Crippen LogP contribution is -2.29. The Hall–Kier alpha value is -1.98. The van der Waals surface area contributed by atoms with Gasteiger partial charge in [0.05, 0.1) is 5.02 Å². The van der Waals surface area contributed by atoms with Gasteiger partial charge < -0.3 is 10.0 Å². The van der Waals surface area contributed by atoms with E-state index in [-0.39, 0.29) is 29.4 Å². The Labute approximate surface area is 138 Å². The first kappa shape index (κ1) is 15.9. The second-order valence-electron chi connectivity index (χ2n) is 5.67. The van der Waals surface area contributed by atoms with E-state index in [9.17, 15) is 14.3 Å². The molecule has 4 nitrogen and oxygen atoms in total. The lowest BCUT2D eigenvalue weighted by atomic mass is 9.90. The normalized spacial score (nSPS) is 20.7. The van der Waals surface area contributed by atoms with Gasteiger partial charge in [-0.1, -0.05) is 11.6 Å². The van der Waals surface area contributed by atoms with Crippen LogP contribution in [0.25, 0.3) is 0 Å². The molecule has 0 spiro atoms. The molecule has 0 aliphatic carbocycles. The average Bonchev–Trinajstić information content (AvgIpc) is 3.02. The van der Waals surface area contributed by atoms with Gasteiger partial charge >= 0.3 is 0 Å². The highest BCUT2D eigenvalue weighted by Gasteiger charge is 2.36. The summed E-state index contributed by atoms with van der Waals surface area (Å²) in [6.45, 7) is 0.960. The fraction of sp³-hybridized carbons (Fsp3) is 0.294. The zero-order chi connectivity index (χ0) is 16.4. The fourth-order valence-electron chi connectivity index (χ4n) is 3.02. The lowest BCUT2D eigenvalue weighted by Gasteiger charge is -2.17. The standard InChI is InChI=1S/C17H16ClFN2O2/c18-15-7-12(1-2-16(15)19)17(23)21-8-13(10-22)14(9-21)11-3-5-20-6-4-11/h1-7,13-14,22H,8-10H2/t13-,14-/m0/s1. The molecule has 2 aromatic rings. The summed E-state index contributed by atoms with van der Waals surface area (Å²) < 4.78 is 13.2. The fourth-order valence-corrected chi connectivity index (χ4v) is 3.20. The Morgan fingerprint density at radius 3 is 2.70 bits per heavy atom. The van der Waals surface area contributed by atoms with E-state index < -0.39 is 5.82 Å². The highest BCUT2D eigenvalue weighted by Crippen LogP contribution is 2.33. The number of hydrogen-bond acceptors (Lipinski definition) is 3. The van der Waals surface area contributed by atoms with Crippen molar-refractivity contribution in [2.45, 2.75) is 5.92 Å². The maximum absolute atomic E-state index is 13.2. The molecule has 1 saturated heterocycles. The number of amides is 1. The Morgan fingerprint density at radius 1 is 1.30 bits per heavy atom. The van der Waals surface area contributed by atoms with Gasteiger partial charge in [-0.25, -0.2) is 4.39 Å². The minimum Gasteiger partial charge on any atom is -0.396 e. The van der Waals surface area contributed by atoms with Crippen LogP contribution in [0.1, 0.15) is 21.8 Å². The number of pyridine rings is 1. The molecule has 1 aromatic carbocycles. The number of carbonyl (C=O) groups is 1. The second-order valence-corrected chi connectivity index (χ2v) is 6.08. The number of halogens is 2. The number of carbonyl (C=O) groups excluding carboxylic acids is 1.